The molecule has 0 saturated carbocycles. The summed E-state index contributed by atoms with van der Waals surface area (Å²) in [6.07, 6.45) is 6.75. The molecule has 3 aromatic carbocycles. The Balaban J connectivity index is 1.40. The van der Waals surface area contributed by atoms with Gasteiger partial charge in [-0.05, 0) is 53.4 Å². The van der Waals surface area contributed by atoms with Crippen molar-refractivity contribution in [1.82, 2.24) is 4.90 Å². The molecule has 0 aromatic heterocycles. The van der Waals surface area contributed by atoms with E-state index in [-0.39, 0.29) is 0 Å². The van der Waals surface area contributed by atoms with E-state index in [2.05, 4.69) is 84.8 Å². The quantitative estimate of drug-likeness (QED) is 0.622. The van der Waals surface area contributed by atoms with Gasteiger partial charge in [0, 0.05) is 13.1 Å². The molecule has 4 rings (SSSR count). The molecule has 0 atom stereocenters. The van der Waals surface area contributed by atoms with Gasteiger partial charge in [0.15, 0.2) is 0 Å². The lowest BCUT2D eigenvalue weighted by atomic mass is 10.0. The molecule has 0 N–H and O–H groups in total. The molecule has 0 amide bonds. The van der Waals surface area contributed by atoms with E-state index >= 15 is 0 Å². The van der Waals surface area contributed by atoms with Gasteiger partial charge in [0.05, 0.1) is 6.61 Å². The smallest absolute Gasteiger partial charge is 0.122 e. The van der Waals surface area contributed by atoms with E-state index in [0.29, 0.717) is 0 Å². The van der Waals surface area contributed by atoms with Crippen LogP contribution >= 0.6 is 0 Å². The first-order valence-corrected chi connectivity index (χ1v) is 9.37. The topological polar surface area (TPSA) is 12.5 Å². The molecule has 0 saturated heterocycles. The molecule has 0 unspecified atom stereocenters. The molecular weight excluding hydrogens is 318 g/mol. The van der Waals surface area contributed by atoms with Crippen molar-refractivity contribution in [2.75, 3.05) is 20.2 Å². The molecule has 0 radical (unpaired) electrons. The minimum Gasteiger partial charge on any atom is -0.493 e. The summed E-state index contributed by atoms with van der Waals surface area (Å²) in [7, 11) is 2.16. The van der Waals surface area contributed by atoms with E-state index in [4.69, 9.17) is 4.74 Å². The van der Waals surface area contributed by atoms with Crippen LogP contribution in [-0.4, -0.2) is 25.1 Å². The van der Waals surface area contributed by atoms with Crippen molar-refractivity contribution in [2.45, 2.75) is 19.4 Å². The van der Waals surface area contributed by atoms with Gasteiger partial charge in [-0.15, -0.1) is 0 Å². The molecule has 132 valence electrons. The highest BCUT2D eigenvalue weighted by molar-refractivity contribution is 5.90. The summed E-state index contributed by atoms with van der Waals surface area (Å²) in [5.41, 5.74) is 3.93. The van der Waals surface area contributed by atoms with Crippen LogP contribution in [0.4, 0.5) is 0 Å². The van der Waals surface area contributed by atoms with Gasteiger partial charge in [0.1, 0.15) is 5.75 Å². The van der Waals surface area contributed by atoms with Crippen LogP contribution in [0.3, 0.4) is 0 Å². The van der Waals surface area contributed by atoms with E-state index < -0.39 is 0 Å². The van der Waals surface area contributed by atoms with Crippen LogP contribution in [-0.2, 0) is 13.0 Å². The second-order valence-electron chi connectivity index (χ2n) is 7.06. The highest BCUT2D eigenvalue weighted by Gasteiger charge is 2.11. The van der Waals surface area contributed by atoms with Crippen molar-refractivity contribution >= 4 is 16.8 Å². The monoisotopic (exact) mass is 343 g/mol. The lowest BCUT2D eigenvalue weighted by Crippen LogP contribution is -2.18. The Labute approximate surface area is 155 Å². The summed E-state index contributed by atoms with van der Waals surface area (Å²) < 4.78 is 5.79. The summed E-state index contributed by atoms with van der Waals surface area (Å²) in [5, 5.41) is 2.60. The zero-order valence-electron chi connectivity index (χ0n) is 15.3. The van der Waals surface area contributed by atoms with E-state index in [1.54, 1.807) is 0 Å². The zero-order chi connectivity index (χ0) is 17.8. The summed E-state index contributed by atoms with van der Waals surface area (Å²) in [6.45, 7) is 2.69. The molecule has 0 bridgehead atoms. The highest BCUT2D eigenvalue weighted by atomic mass is 16.5. The van der Waals surface area contributed by atoms with Gasteiger partial charge in [-0.3, -0.25) is 4.90 Å². The van der Waals surface area contributed by atoms with Crippen LogP contribution < -0.4 is 4.74 Å². The predicted octanol–water partition coefficient (Wildman–Crippen LogP) is 5.31. The van der Waals surface area contributed by atoms with Gasteiger partial charge >= 0.3 is 0 Å². The second kappa shape index (κ2) is 7.76. The Morgan fingerprint density at radius 2 is 1.92 bits per heavy atom. The molecular formula is C24H25NO. The molecule has 26 heavy (non-hydrogen) atoms. The molecule has 1 heterocycles. The number of rotatable bonds is 5. The van der Waals surface area contributed by atoms with Crippen molar-refractivity contribution < 1.29 is 4.74 Å². The molecule has 2 heteroatoms. The van der Waals surface area contributed by atoms with Gasteiger partial charge < -0.3 is 4.74 Å². The number of benzene rings is 3. The molecule has 0 spiro atoms. The SMILES string of the molecule is CN(CC=Cc1cccc2ccccc12)Cc1ccc2c(c1)OCCC2. The van der Waals surface area contributed by atoms with Crippen molar-refractivity contribution in [3.8, 4) is 5.75 Å². The Morgan fingerprint density at radius 3 is 2.88 bits per heavy atom. The average Bonchev–Trinajstić information content (AvgIpc) is 2.68. The average molecular weight is 343 g/mol. The fourth-order valence-electron chi connectivity index (χ4n) is 3.61. The second-order valence-corrected chi connectivity index (χ2v) is 7.06. The number of ether oxygens (including phenoxy) is 1. The molecule has 1 aliphatic heterocycles. The molecule has 0 fully saturated rings. The van der Waals surface area contributed by atoms with Crippen LogP contribution in [0.15, 0.2) is 66.7 Å². The summed E-state index contributed by atoms with van der Waals surface area (Å²) in [6, 6.07) is 21.7. The van der Waals surface area contributed by atoms with E-state index in [1.807, 2.05) is 0 Å². The third kappa shape index (κ3) is 3.81. The minimum atomic E-state index is 0.847. The lowest BCUT2D eigenvalue weighted by Gasteiger charge is -2.20. The third-order valence-corrected chi connectivity index (χ3v) is 4.97. The number of likely N-dealkylation sites (N-methyl/N-ethyl adjacent to an activating group) is 1. The number of nitrogens with zero attached hydrogens (tertiary/aromatic N) is 1. The maximum atomic E-state index is 5.79. The highest BCUT2D eigenvalue weighted by Crippen LogP contribution is 2.26. The molecule has 2 nitrogen and oxygen atoms in total. The Hall–Kier alpha value is -2.58. The normalized spacial score (nSPS) is 13.9. The first kappa shape index (κ1) is 16.9. The van der Waals surface area contributed by atoms with Crippen LogP contribution in [0.25, 0.3) is 16.8 Å². The Kier molecular flexibility index (Phi) is 5.03. The zero-order valence-corrected chi connectivity index (χ0v) is 15.3. The van der Waals surface area contributed by atoms with Gasteiger partial charge in [-0.25, -0.2) is 0 Å². The van der Waals surface area contributed by atoms with Gasteiger partial charge in [-0.1, -0.05) is 66.7 Å². The van der Waals surface area contributed by atoms with Crippen LogP contribution in [0, 0.1) is 0 Å². The van der Waals surface area contributed by atoms with Crippen LogP contribution in [0.2, 0.25) is 0 Å². The van der Waals surface area contributed by atoms with Crippen molar-refractivity contribution in [2.24, 2.45) is 0 Å². The molecule has 0 aliphatic carbocycles. The Bertz CT molecular complexity index is 923. The fraction of sp³-hybridized carbons (Fsp3) is 0.250. The number of hydrogen-bond donors (Lipinski definition) is 0. The van der Waals surface area contributed by atoms with Crippen molar-refractivity contribution in [1.29, 1.82) is 0 Å². The summed E-state index contributed by atoms with van der Waals surface area (Å²) in [5.74, 6) is 1.08. The molecule has 3 aromatic rings. The Morgan fingerprint density at radius 1 is 1.04 bits per heavy atom. The molecule has 1 aliphatic rings. The first-order valence-electron chi connectivity index (χ1n) is 9.37. The summed E-state index contributed by atoms with van der Waals surface area (Å²) in [4.78, 5) is 2.33. The van der Waals surface area contributed by atoms with Gasteiger partial charge in [0.25, 0.3) is 0 Å². The van der Waals surface area contributed by atoms with Gasteiger partial charge in [-0.2, -0.15) is 0 Å². The van der Waals surface area contributed by atoms with Crippen LogP contribution in [0.1, 0.15) is 23.1 Å². The number of fused-ring (bicyclic) bond motifs is 2. The lowest BCUT2D eigenvalue weighted by molar-refractivity contribution is 0.287. The first-order chi connectivity index (χ1) is 12.8. The van der Waals surface area contributed by atoms with E-state index in [0.717, 1.165) is 38.3 Å². The predicted molar refractivity (Wildman–Crippen MR) is 110 cm³/mol. The fourth-order valence-corrected chi connectivity index (χ4v) is 3.61. The van der Waals surface area contributed by atoms with Crippen molar-refractivity contribution in [3.05, 3.63) is 83.4 Å². The number of aryl methyl sites for hydroxylation is 1. The maximum Gasteiger partial charge on any atom is 0.122 e. The summed E-state index contributed by atoms with van der Waals surface area (Å²) >= 11 is 0. The van der Waals surface area contributed by atoms with E-state index in [1.165, 1.54) is 27.5 Å². The van der Waals surface area contributed by atoms with E-state index in [9.17, 15) is 0 Å². The standard InChI is InChI=1S/C24H25NO/c1-25(18-19-13-14-22-11-6-16-26-24(22)17-19)15-5-10-21-9-4-8-20-7-2-3-12-23(20)21/h2-5,7-10,12-14,17H,6,11,15-16,18H2,1H3. The minimum absolute atomic E-state index is 0.847. The van der Waals surface area contributed by atoms with Crippen molar-refractivity contribution in [3.63, 3.8) is 0 Å². The largest absolute Gasteiger partial charge is 0.493 e. The van der Waals surface area contributed by atoms with Gasteiger partial charge in [0.2, 0.25) is 0 Å². The number of hydrogen-bond acceptors (Lipinski definition) is 2. The maximum absolute atomic E-state index is 5.79. The van der Waals surface area contributed by atoms with Crippen LogP contribution in [0.5, 0.6) is 5.75 Å². The third-order valence-electron chi connectivity index (χ3n) is 4.97.